The molecule has 0 atom stereocenters. The zero-order valence-electron chi connectivity index (χ0n) is 12.4. The third-order valence-corrected chi connectivity index (χ3v) is 2.81. The average molecular weight is 322 g/mol. The van der Waals surface area contributed by atoms with Crippen molar-refractivity contribution in [1.29, 1.82) is 0 Å². The van der Waals surface area contributed by atoms with Crippen molar-refractivity contribution in [2.75, 3.05) is 17.7 Å². The molecule has 0 aliphatic heterocycles. The lowest BCUT2D eigenvalue weighted by Gasteiger charge is -2.11. The first kappa shape index (κ1) is 17.8. The molecule has 0 saturated carbocycles. The van der Waals surface area contributed by atoms with Crippen LogP contribution < -0.4 is 15.8 Å². The molecular formula is C16H20ClN3O2. The number of halogens is 1. The molecule has 1 aromatic heterocycles. The van der Waals surface area contributed by atoms with Crippen molar-refractivity contribution in [3.8, 4) is 5.75 Å². The van der Waals surface area contributed by atoms with E-state index in [1.54, 1.807) is 18.3 Å². The van der Waals surface area contributed by atoms with Gasteiger partial charge < -0.3 is 15.8 Å². The molecule has 1 amide bonds. The molecule has 118 valence electrons. The molecule has 0 fully saturated rings. The number of nitrogen functional groups attached to an aromatic ring is 1. The summed E-state index contributed by atoms with van der Waals surface area (Å²) in [6, 6.07) is 10.9. The van der Waals surface area contributed by atoms with E-state index in [0.29, 0.717) is 29.4 Å². The molecular weight excluding hydrogens is 302 g/mol. The van der Waals surface area contributed by atoms with E-state index < -0.39 is 0 Å². The molecule has 5 nitrogen and oxygen atoms in total. The van der Waals surface area contributed by atoms with E-state index in [2.05, 4.69) is 10.3 Å². The number of para-hydroxylation sites is 2. The van der Waals surface area contributed by atoms with Crippen LogP contribution >= 0.6 is 12.4 Å². The second-order valence-corrected chi connectivity index (χ2v) is 4.65. The van der Waals surface area contributed by atoms with E-state index in [4.69, 9.17) is 10.5 Å². The van der Waals surface area contributed by atoms with Gasteiger partial charge in [0, 0.05) is 5.69 Å². The Balaban J connectivity index is 0.00000242. The summed E-state index contributed by atoms with van der Waals surface area (Å²) in [4.78, 5) is 16.2. The molecule has 22 heavy (non-hydrogen) atoms. The van der Waals surface area contributed by atoms with Crippen LogP contribution in [0.15, 0.2) is 42.6 Å². The summed E-state index contributed by atoms with van der Waals surface area (Å²) in [6.07, 6.45) is 2.65. The van der Waals surface area contributed by atoms with E-state index >= 15 is 0 Å². The summed E-state index contributed by atoms with van der Waals surface area (Å²) in [5, 5.41) is 2.85. The number of nitrogens with one attached hydrogen (secondary N) is 1. The highest BCUT2D eigenvalue weighted by Crippen LogP contribution is 2.24. The maximum Gasteiger partial charge on any atom is 0.230 e. The largest absolute Gasteiger partial charge is 0.491 e. The van der Waals surface area contributed by atoms with Crippen molar-refractivity contribution in [1.82, 2.24) is 4.98 Å². The van der Waals surface area contributed by atoms with Crippen LogP contribution in [0.1, 0.15) is 19.0 Å². The van der Waals surface area contributed by atoms with Crippen LogP contribution in [0.4, 0.5) is 11.4 Å². The standard InChI is InChI=1S/C16H19N3O2.ClH/c1-2-9-21-15-6-4-3-5-14(15)19-16(20)10-13-8-7-12(17)11-18-13;/h3-8,11H,2,9-10,17H2,1H3,(H,19,20);1H. The van der Waals surface area contributed by atoms with Gasteiger partial charge in [0.1, 0.15) is 5.75 Å². The van der Waals surface area contributed by atoms with Crippen LogP contribution in [0.2, 0.25) is 0 Å². The Morgan fingerprint density at radius 3 is 2.73 bits per heavy atom. The predicted octanol–water partition coefficient (Wildman–Crippen LogP) is 3.06. The number of nitrogens with two attached hydrogens (primary N) is 1. The van der Waals surface area contributed by atoms with Gasteiger partial charge in [-0.25, -0.2) is 0 Å². The zero-order chi connectivity index (χ0) is 15.1. The maximum absolute atomic E-state index is 12.1. The fraction of sp³-hybridized carbons (Fsp3) is 0.250. The minimum Gasteiger partial charge on any atom is -0.491 e. The Morgan fingerprint density at radius 1 is 1.27 bits per heavy atom. The van der Waals surface area contributed by atoms with Gasteiger partial charge in [-0.1, -0.05) is 19.1 Å². The SMILES string of the molecule is CCCOc1ccccc1NC(=O)Cc1ccc(N)cn1.Cl. The van der Waals surface area contributed by atoms with Crippen LogP contribution in [-0.4, -0.2) is 17.5 Å². The molecule has 0 unspecified atom stereocenters. The molecule has 0 saturated heterocycles. The van der Waals surface area contributed by atoms with Crippen LogP contribution in [0.3, 0.4) is 0 Å². The molecule has 0 aliphatic rings. The lowest BCUT2D eigenvalue weighted by Crippen LogP contribution is -2.16. The van der Waals surface area contributed by atoms with Crippen molar-refractivity contribution in [2.24, 2.45) is 0 Å². The Kier molecular flexibility index (Phi) is 7.19. The fourth-order valence-electron chi connectivity index (χ4n) is 1.81. The number of ether oxygens (including phenoxy) is 1. The van der Waals surface area contributed by atoms with E-state index in [0.717, 1.165) is 6.42 Å². The Hall–Kier alpha value is -2.27. The highest BCUT2D eigenvalue weighted by Gasteiger charge is 2.09. The van der Waals surface area contributed by atoms with Gasteiger partial charge in [0.25, 0.3) is 0 Å². The number of rotatable bonds is 6. The number of carbonyl (C=O) groups excluding carboxylic acids is 1. The highest BCUT2D eigenvalue weighted by atomic mass is 35.5. The normalized spacial score (nSPS) is 9.68. The van der Waals surface area contributed by atoms with Crippen molar-refractivity contribution < 1.29 is 9.53 Å². The topological polar surface area (TPSA) is 77.2 Å². The Morgan fingerprint density at radius 2 is 2.05 bits per heavy atom. The van der Waals surface area contributed by atoms with Crippen molar-refractivity contribution in [2.45, 2.75) is 19.8 Å². The first-order chi connectivity index (χ1) is 10.2. The van der Waals surface area contributed by atoms with Gasteiger partial charge >= 0.3 is 0 Å². The second kappa shape index (κ2) is 8.89. The van der Waals surface area contributed by atoms with Crippen molar-refractivity contribution in [3.63, 3.8) is 0 Å². The van der Waals surface area contributed by atoms with Gasteiger partial charge in [-0.2, -0.15) is 0 Å². The first-order valence-corrected chi connectivity index (χ1v) is 6.91. The fourth-order valence-corrected chi connectivity index (χ4v) is 1.81. The van der Waals surface area contributed by atoms with Gasteiger partial charge in [0.2, 0.25) is 5.91 Å². The molecule has 0 aliphatic carbocycles. The van der Waals surface area contributed by atoms with Gasteiger partial charge in [0.05, 0.1) is 30.6 Å². The Bertz CT molecular complexity index is 603. The van der Waals surface area contributed by atoms with Gasteiger partial charge in [0.15, 0.2) is 0 Å². The van der Waals surface area contributed by atoms with Crippen molar-refractivity contribution in [3.05, 3.63) is 48.3 Å². The first-order valence-electron chi connectivity index (χ1n) is 6.91. The number of carbonyl (C=O) groups is 1. The van der Waals surface area contributed by atoms with Crippen LogP contribution in [0, 0.1) is 0 Å². The maximum atomic E-state index is 12.1. The summed E-state index contributed by atoms with van der Waals surface area (Å²) in [6.45, 7) is 2.65. The lowest BCUT2D eigenvalue weighted by atomic mass is 10.2. The molecule has 0 radical (unpaired) electrons. The monoisotopic (exact) mass is 321 g/mol. The number of amides is 1. The third kappa shape index (κ3) is 5.26. The number of nitrogens with zero attached hydrogens (tertiary/aromatic N) is 1. The van der Waals surface area contributed by atoms with Gasteiger partial charge in [-0.15, -0.1) is 12.4 Å². The summed E-state index contributed by atoms with van der Waals surface area (Å²) < 4.78 is 5.61. The highest BCUT2D eigenvalue weighted by molar-refractivity contribution is 5.93. The molecule has 0 bridgehead atoms. The van der Waals surface area contributed by atoms with E-state index in [-0.39, 0.29) is 24.7 Å². The number of anilines is 2. The van der Waals surface area contributed by atoms with E-state index in [9.17, 15) is 4.79 Å². The van der Waals surface area contributed by atoms with E-state index in [1.165, 1.54) is 0 Å². The molecule has 0 spiro atoms. The smallest absolute Gasteiger partial charge is 0.230 e. The molecule has 1 aromatic carbocycles. The van der Waals surface area contributed by atoms with Crippen molar-refractivity contribution >= 4 is 29.7 Å². The molecule has 6 heteroatoms. The summed E-state index contributed by atoms with van der Waals surface area (Å²) in [7, 11) is 0. The minimum atomic E-state index is -0.139. The zero-order valence-corrected chi connectivity index (χ0v) is 13.2. The van der Waals surface area contributed by atoms with Crippen LogP contribution in [0.25, 0.3) is 0 Å². The summed E-state index contributed by atoms with van der Waals surface area (Å²) in [5.41, 5.74) is 7.50. The quantitative estimate of drug-likeness (QED) is 0.857. The molecule has 2 rings (SSSR count). The number of hydrogen-bond acceptors (Lipinski definition) is 4. The summed E-state index contributed by atoms with van der Waals surface area (Å²) in [5.74, 6) is 0.540. The second-order valence-electron chi connectivity index (χ2n) is 4.65. The molecule has 2 aromatic rings. The van der Waals surface area contributed by atoms with Gasteiger partial charge in [-0.05, 0) is 30.7 Å². The average Bonchev–Trinajstić information content (AvgIpc) is 2.49. The molecule has 1 heterocycles. The molecule has 3 N–H and O–H groups in total. The number of benzene rings is 1. The predicted molar refractivity (Wildman–Crippen MR) is 90.5 cm³/mol. The number of aromatic nitrogens is 1. The number of hydrogen-bond donors (Lipinski definition) is 2. The van der Waals surface area contributed by atoms with E-state index in [1.807, 2.05) is 31.2 Å². The number of pyridine rings is 1. The van der Waals surface area contributed by atoms with Crippen LogP contribution in [-0.2, 0) is 11.2 Å². The van der Waals surface area contributed by atoms with Crippen LogP contribution in [0.5, 0.6) is 5.75 Å². The summed E-state index contributed by atoms with van der Waals surface area (Å²) >= 11 is 0. The lowest BCUT2D eigenvalue weighted by molar-refractivity contribution is -0.115. The van der Waals surface area contributed by atoms with Gasteiger partial charge in [-0.3, -0.25) is 9.78 Å². The minimum absolute atomic E-state index is 0. The Labute approximate surface area is 136 Å². The third-order valence-electron chi connectivity index (χ3n) is 2.81.